The van der Waals surface area contributed by atoms with Gasteiger partial charge < -0.3 is 0 Å². The van der Waals surface area contributed by atoms with E-state index in [1.165, 1.54) is 0 Å². The van der Waals surface area contributed by atoms with Crippen molar-refractivity contribution < 1.29 is 4.79 Å². The van der Waals surface area contributed by atoms with E-state index < -0.39 is 0 Å². The first-order valence-electron chi connectivity index (χ1n) is 5.48. The highest BCUT2D eigenvalue weighted by molar-refractivity contribution is 9.10. The van der Waals surface area contributed by atoms with Crippen LogP contribution in [-0.2, 0) is 11.2 Å². The molecule has 0 amide bonds. The Morgan fingerprint density at radius 1 is 1.39 bits per heavy atom. The molecular formula is C13H12BrClN2O. The standard InChI is InChI=1S/C13H12BrClN2O/c1-8(18)7-12-9(2)16-17(13(12)15)11-5-3-10(14)4-6-11/h3-6H,7H2,1-2H3. The summed E-state index contributed by atoms with van der Waals surface area (Å²) in [5.41, 5.74) is 2.46. The van der Waals surface area contributed by atoms with Crippen molar-refractivity contribution in [3.05, 3.63) is 45.1 Å². The van der Waals surface area contributed by atoms with Crippen LogP contribution >= 0.6 is 27.5 Å². The Bertz CT molecular complexity index is 590. The second-order valence-corrected chi connectivity index (χ2v) is 5.40. The van der Waals surface area contributed by atoms with Crippen molar-refractivity contribution >= 4 is 33.3 Å². The predicted octanol–water partition coefficient (Wildman–Crippen LogP) is 3.73. The number of nitrogens with zero attached hydrogens (tertiary/aromatic N) is 2. The molecule has 0 radical (unpaired) electrons. The van der Waals surface area contributed by atoms with Gasteiger partial charge in [-0.05, 0) is 38.1 Å². The van der Waals surface area contributed by atoms with Crippen LogP contribution in [0, 0.1) is 6.92 Å². The molecule has 0 spiro atoms. The molecule has 2 rings (SSSR count). The highest BCUT2D eigenvalue weighted by atomic mass is 79.9. The molecule has 0 aliphatic heterocycles. The fourth-order valence-corrected chi connectivity index (χ4v) is 2.34. The summed E-state index contributed by atoms with van der Waals surface area (Å²) in [5, 5.41) is 4.88. The van der Waals surface area contributed by atoms with Gasteiger partial charge in [0.2, 0.25) is 0 Å². The van der Waals surface area contributed by atoms with Crippen molar-refractivity contribution in [2.24, 2.45) is 0 Å². The molecule has 18 heavy (non-hydrogen) atoms. The van der Waals surface area contributed by atoms with Gasteiger partial charge in [-0.25, -0.2) is 4.68 Å². The van der Waals surface area contributed by atoms with Crippen LogP contribution in [0.1, 0.15) is 18.2 Å². The lowest BCUT2D eigenvalue weighted by molar-refractivity contribution is -0.116. The van der Waals surface area contributed by atoms with E-state index in [1.807, 2.05) is 31.2 Å². The van der Waals surface area contributed by atoms with E-state index in [1.54, 1.807) is 11.6 Å². The molecule has 0 fully saturated rings. The summed E-state index contributed by atoms with van der Waals surface area (Å²) < 4.78 is 2.65. The van der Waals surface area contributed by atoms with Gasteiger partial charge in [-0.3, -0.25) is 4.79 Å². The van der Waals surface area contributed by atoms with Crippen molar-refractivity contribution in [1.82, 2.24) is 9.78 Å². The highest BCUT2D eigenvalue weighted by Gasteiger charge is 2.15. The zero-order valence-corrected chi connectivity index (χ0v) is 12.4. The fourth-order valence-electron chi connectivity index (χ4n) is 1.73. The number of aryl methyl sites for hydroxylation is 1. The lowest BCUT2D eigenvalue weighted by atomic mass is 10.1. The van der Waals surface area contributed by atoms with Crippen LogP contribution in [0.4, 0.5) is 0 Å². The maximum Gasteiger partial charge on any atom is 0.136 e. The Hall–Kier alpha value is -1.13. The Kier molecular flexibility index (Phi) is 3.88. The van der Waals surface area contributed by atoms with Gasteiger partial charge in [0.05, 0.1) is 11.4 Å². The minimum Gasteiger partial charge on any atom is -0.300 e. The van der Waals surface area contributed by atoms with E-state index >= 15 is 0 Å². The summed E-state index contributed by atoms with van der Waals surface area (Å²) in [7, 11) is 0. The minimum absolute atomic E-state index is 0.0790. The van der Waals surface area contributed by atoms with Gasteiger partial charge in [-0.1, -0.05) is 27.5 Å². The molecule has 1 aromatic heterocycles. The van der Waals surface area contributed by atoms with E-state index in [-0.39, 0.29) is 5.78 Å². The molecule has 94 valence electrons. The topological polar surface area (TPSA) is 34.9 Å². The Labute approximate surface area is 119 Å². The van der Waals surface area contributed by atoms with Crippen LogP contribution in [-0.4, -0.2) is 15.6 Å². The number of carbonyl (C=O) groups excluding carboxylic acids is 1. The average Bonchev–Trinajstić information content (AvgIpc) is 2.58. The van der Waals surface area contributed by atoms with E-state index in [0.29, 0.717) is 11.6 Å². The van der Waals surface area contributed by atoms with Gasteiger partial charge in [-0.2, -0.15) is 5.10 Å². The SMILES string of the molecule is CC(=O)Cc1c(C)nn(-c2ccc(Br)cc2)c1Cl. The molecule has 0 unspecified atom stereocenters. The maximum atomic E-state index is 11.2. The predicted molar refractivity (Wildman–Crippen MR) is 75.4 cm³/mol. The fraction of sp³-hybridized carbons (Fsp3) is 0.231. The maximum absolute atomic E-state index is 11.2. The molecule has 5 heteroatoms. The van der Waals surface area contributed by atoms with Crippen molar-refractivity contribution in [2.75, 3.05) is 0 Å². The van der Waals surface area contributed by atoms with E-state index in [4.69, 9.17) is 11.6 Å². The van der Waals surface area contributed by atoms with Gasteiger partial charge in [0.1, 0.15) is 10.9 Å². The number of hydrogen-bond donors (Lipinski definition) is 0. The highest BCUT2D eigenvalue weighted by Crippen LogP contribution is 2.24. The normalized spacial score (nSPS) is 10.7. The Morgan fingerprint density at radius 2 is 2.00 bits per heavy atom. The quantitative estimate of drug-likeness (QED) is 0.861. The number of hydrogen-bond acceptors (Lipinski definition) is 2. The monoisotopic (exact) mass is 326 g/mol. The number of carbonyl (C=O) groups is 1. The number of ketones is 1. The number of aromatic nitrogens is 2. The summed E-state index contributed by atoms with van der Waals surface area (Å²) in [4.78, 5) is 11.2. The van der Waals surface area contributed by atoms with Crippen molar-refractivity contribution in [3.8, 4) is 5.69 Å². The summed E-state index contributed by atoms with van der Waals surface area (Å²) in [6, 6.07) is 7.68. The zero-order valence-electron chi connectivity index (χ0n) is 10.1. The molecule has 0 aliphatic rings. The van der Waals surface area contributed by atoms with E-state index in [9.17, 15) is 4.79 Å². The lowest BCUT2D eigenvalue weighted by Crippen LogP contribution is -1.98. The van der Waals surface area contributed by atoms with Crippen LogP contribution in [0.15, 0.2) is 28.7 Å². The Morgan fingerprint density at radius 3 is 2.56 bits per heavy atom. The summed E-state index contributed by atoms with van der Waals surface area (Å²) in [5.74, 6) is 0.0790. The van der Waals surface area contributed by atoms with E-state index in [2.05, 4.69) is 21.0 Å². The molecule has 1 heterocycles. The molecular weight excluding hydrogens is 316 g/mol. The third kappa shape index (κ3) is 2.65. The molecule has 1 aromatic carbocycles. The average molecular weight is 328 g/mol. The van der Waals surface area contributed by atoms with Crippen molar-refractivity contribution in [3.63, 3.8) is 0 Å². The number of Topliss-reactive ketones (excluding diaryl/α,β-unsaturated/α-hetero) is 1. The van der Waals surface area contributed by atoms with Gasteiger partial charge >= 0.3 is 0 Å². The molecule has 0 saturated carbocycles. The second kappa shape index (κ2) is 5.24. The first-order valence-corrected chi connectivity index (χ1v) is 6.65. The summed E-state index contributed by atoms with van der Waals surface area (Å²) >= 11 is 9.67. The summed E-state index contributed by atoms with van der Waals surface area (Å²) in [6.45, 7) is 3.41. The summed E-state index contributed by atoms with van der Waals surface area (Å²) in [6.07, 6.45) is 0.321. The number of halogens is 2. The first kappa shape index (κ1) is 13.3. The smallest absolute Gasteiger partial charge is 0.136 e. The molecule has 0 aliphatic carbocycles. The Balaban J connectivity index is 2.46. The van der Waals surface area contributed by atoms with Crippen LogP contribution in [0.2, 0.25) is 5.15 Å². The molecule has 0 atom stereocenters. The molecule has 0 bridgehead atoms. The second-order valence-electron chi connectivity index (χ2n) is 4.12. The van der Waals surface area contributed by atoms with Gasteiger partial charge in [0, 0.05) is 16.5 Å². The largest absolute Gasteiger partial charge is 0.300 e. The van der Waals surface area contributed by atoms with Crippen LogP contribution < -0.4 is 0 Å². The lowest BCUT2D eigenvalue weighted by Gasteiger charge is -2.03. The van der Waals surface area contributed by atoms with Crippen molar-refractivity contribution in [2.45, 2.75) is 20.3 Å². The van der Waals surface area contributed by atoms with Crippen LogP contribution in [0.5, 0.6) is 0 Å². The third-order valence-electron chi connectivity index (χ3n) is 2.62. The molecule has 0 N–H and O–H groups in total. The van der Waals surface area contributed by atoms with Gasteiger partial charge in [0.25, 0.3) is 0 Å². The minimum atomic E-state index is 0.0790. The van der Waals surface area contributed by atoms with Gasteiger partial charge in [0.15, 0.2) is 0 Å². The number of benzene rings is 1. The van der Waals surface area contributed by atoms with Crippen molar-refractivity contribution in [1.29, 1.82) is 0 Å². The molecule has 0 saturated heterocycles. The van der Waals surface area contributed by atoms with Gasteiger partial charge in [-0.15, -0.1) is 0 Å². The molecule has 3 nitrogen and oxygen atoms in total. The zero-order chi connectivity index (χ0) is 13.3. The van der Waals surface area contributed by atoms with Crippen LogP contribution in [0.3, 0.4) is 0 Å². The molecule has 2 aromatic rings. The third-order valence-corrected chi connectivity index (χ3v) is 3.54. The number of rotatable bonds is 3. The van der Waals surface area contributed by atoms with Crippen LogP contribution in [0.25, 0.3) is 5.69 Å². The first-order chi connectivity index (χ1) is 8.49. The van der Waals surface area contributed by atoms with E-state index in [0.717, 1.165) is 21.4 Å².